The minimum atomic E-state index is -0.411. The van der Waals surface area contributed by atoms with Crippen LogP contribution in [0.4, 0.5) is 0 Å². The van der Waals surface area contributed by atoms with Gasteiger partial charge in [0.15, 0.2) is 0 Å². The predicted molar refractivity (Wildman–Crippen MR) is 106 cm³/mol. The van der Waals surface area contributed by atoms with Gasteiger partial charge in [-0.3, -0.25) is 9.59 Å². The van der Waals surface area contributed by atoms with Crippen molar-refractivity contribution in [2.24, 2.45) is 23.2 Å². The van der Waals surface area contributed by atoms with Gasteiger partial charge in [0.25, 0.3) is 5.91 Å². The Morgan fingerprint density at radius 1 is 1.04 bits per heavy atom. The van der Waals surface area contributed by atoms with Gasteiger partial charge in [-0.15, -0.1) is 0 Å². The zero-order valence-electron chi connectivity index (χ0n) is 16.6. The van der Waals surface area contributed by atoms with Crippen LogP contribution in [-0.2, 0) is 4.79 Å². The minimum absolute atomic E-state index is 0.0132. The highest BCUT2D eigenvalue weighted by atomic mass is 16.2. The average Bonchev–Trinajstić information content (AvgIpc) is 2.63. The Bertz CT molecular complexity index is 674. The summed E-state index contributed by atoms with van der Waals surface area (Å²) in [6.45, 7) is 4.74. The smallest absolute Gasteiger partial charge is 0.251 e. The van der Waals surface area contributed by atoms with Crippen molar-refractivity contribution in [2.75, 3.05) is 6.54 Å². The number of rotatable bonds is 6. The van der Waals surface area contributed by atoms with Crippen molar-refractivity contribution in [3.63, 3.8) is 0 Å². The molecule has 4 saturated carbocycles. The van der Waals surface area contributed by atoms with Gasteiger partial charge in [0.2, 0.25) is 5.91 Å². The second-order valence-electron chi connectivity index (χ2n) is 9.34. The van der Waals surface area contributed by atoms with Crippen LogP contribution in [0.3, 0.4) is 0 Å². The molecule has 0 saturated heterocycles. The van der Waals surface area contributed by atoms with E-state index in [0.717, 1.165) is 49.0 Å². The first-order valence-electron chi connectivity index (χ1n) is 10.6. The lowest BCUT2D eigenvalue weighted by Gasteiger charge is -2.58. The van der Waals surface area contributed by atoms with Crippen molar-refractivity contribution in [2.45, 2.75) is 64.8 Å². The molecule has 0 unspecified atom stereocenters. The molecule has 4 bridgehead atoms. The summed E-state index contributed by atoms with van der Waals surface area (Å²) in [6.07, 6.45) is 8.18. The fourth-order valence-corrected chi connectivity index (χ4v) is 6.30. The first kappa shape index (κ1) is 18.5. The van der Waals surface area contributed by atoms with Crippen molar-refractivity contribution >= 4 is 11.8 Å². The van der Waals surface area contributed by atoms with Crippen LogP contribution in [0.2, 0.25) is 0 Å². The van der Waals surface area contributed by atoms with E-state index in [1.165, 1.54) is 19.3 Å². The third-order valence-electron chi connectivity index (χ3n) is 7.10. The van der Waals surface area contributed by atoms with Crippen LogP contribution >= 0.6 is 0 Å². The zero-order chi connectivity index (χ0) is 19.0. The molecule has 4 aliphatic rings. The maximum Gasteiger partial charge on any atom is 0.251 e. The van der Waals surface area contributed by atoms with E-state index in [0.29, 0.717) is 12.1 Å². The summed E-state index contributed by atoms with van der Waals surface area (Å²) in [5.41, 5.74) is 1.72. The molecule has 4 heteroatoms. The summed E-state index contributed by atoms with van der Waals surface area (Å²) in [5.74, 6) is 2.12. The van der Waals surface area contributed by atoms with E-state index in [9.17, 15) is 9.59 Å². The highest BCUT2D eigenvalue weighted by molar-refractivity contribution is 5.97. The third-order valence-corrected chi connectivity index (χ3v) is 7.10. The molecular formula is C23H32N2O2. The zero-order valence-corrected chi connectivity index (χ0v) is 16.6. The maximum atomic E-state index is 13.1. The van der Waals surface area contributed by atoms with Crippen LogP contribution in [0.25, 0.3) is 0 Å². The Kier molecular flexibility index (Phi) is 5.00. The molecule has 2 N–H and O–H groups in total. The van der Waals surface area contributed by atoms with Crippen molar-refractivity contribution in [3.8, 4) is 0 Å². The van der Waals surface area contributed by atoms with Crippen LogP contribution in [0.15, 0.2) is 24.3 Å². The molecule has 4 nitrogen and oxygen atoms in total. The number of carbonyl (C=O) groups excluding carboxylic acids is 2. The SMILES string of the molecule is CCCNC(=O)[C@@H](NC(=O)c1ccc(C)cc1)C12CC3CC(CC(C3)C1)C2. The molecule has 0 spiro atoms. The number of aryl methyl sites for hydroxylation is 1. The van der Waals surface area contributed by atoms with Gasteiger partial charge in [0.1, 0.15) is 6.04 Å². The van der Waals surface area contributed by atoms with Crippen molar-refractivity contribution in [1.82, 2.24) is 10.6 Å². The summed E-state index contributed by atoms with van der Waals surface area (Å²) >= 11 is 0. The van der Waals surface area contributed by atoms with Crippen LogP contribution < -0.4 is 10.6 Å². The predicted octanol–water partition coefficient (Wildman–Crippen LogP) is 3.84. The highest BCUT2D eigenvalue weighted by Gasteiger charge is 2.56. The molecule has 4 fully saturated rings. The summed E-state index contributed by atoms with van der Waals surface area (Å²) in [6, 6.07) is 7.19. The fraction of sp³-hybridized carbons (Fsp3) is 0.652. The van der Waals surface area contributed by atoms with E-state index >= 15 is 0 Å². The van der Waals surface area contributed by atoms with Gasteiger partial charge in [-0.2, -0.15) is 0 Å². The van der Waals surface area contributed by atoms with E-state index in [1.54, 1.807) is 0 Å². The van der Waals surface area contributed by atoms with Crippen molar-refractivity contribution in [1.29, 1.82) is 0 Å². The molecule has 1 atom stereocenters. The molecule has 0 heterocycles. The van der Waals surface area contributed by atoms with E-state index in [4.69, 9.17) is 0 Å². The second-order valence-corrected chi connectivity index (χ2v) is 9.34. The van der Waals surface area contributed by atoms with Crippen molar-refractivity contribution in [3.05, 3.63) is 35.4 Å². The Morgan fingerprint density at radius 3 is 2.11 bits per heavy atom. The second kappa shape index (κ2) is 7.29. The lowest BCUT2D eigenvalue weighted by Crippen LogP contribution is -2.62. The maximum absolute atomic E-state index is 13.1. The molecule has 2 amide bonds. The summed E-state index contributed by atoms with van der Waals surface area (Å²) in [4.78, 5) is 26.1. The lowest BCUT2D eigenvalue weighted by atomic mass is 9.47. The standard InChI is InChI=1S/C23H32N2O2/c1-3-8-24-22(27)20(25-21(26)19-6-4-15(2)5-7-19)23-12-16-9-17(13-23)11-18(10-16)14-23/h4-7,16-18,20H,3,8-14H2,1-2H3,(H,24,27)(H,25,26)/t16?,17?,18?,20-,23?/m1/s1. The molecule has 146 valence electrons. The van der Waals surface area contributed by atoms with Gasteiger partial charge in [0, 0.05) is 17.5 Å². The first-order valence-corrected chi connectivity index (χ1v) is 10.6. The Morgan fingerprint density at radius 2 is 1.59 bits per heavy atom. The molecular weight excluding hydrogens is 336 g/mol. The first-order chi connectivity index (χ1) is 13.0. The summed E-state index contributed by atoms with van der Waals surface area (Å²) in [7, 11) is 0. The van der Waals surface area contributed by atoms with Gasteiger partial charge in [0.05, 0.1) is 0 Å². The van der Waals surface area contributed by atoms with Gasteiger partial charge >= 0.3 is 0 Å². The largest absolute Gasteiger partial charge is 0.354 e. The van der Waals surface area contributed by atoms with E-state index in [-0.39, 0.29) is 17.2 Å². The van der Waals surface area contributed by atoms with Crippen LogP contribution in [0.5, 0.6) is 0 Å². The molecule has 1 aromatic carbocycles. The summed E-state index contributed by atoms with van der Waals surface area (Å²) in [5, 5.41) is 6.24. The summed E-state index contributed by atoms with van der Waals surface area (Å²) < 4.78 is 0. The third kappa shape index (κ3) is 3.63. The van der Waals surface area contributed by atoms with Gasteiger partial charge in [-0.1, -0.05) is 24.6 Å². The Balaban J connectivity index is 1.58. The fourth-order valence-electron chi connectivity index (χ4n) is 6.30. The average molecular weight is 369 g/mol. The minimum Gasteiger partial charge on any atom is -0.354 e. The van der Waals surface area contributed by atoms with Gasteiger partial charge in [-0.05, 0) is 81.8 Å². The number of hydrogen-bond donors (Lipinski definition) is 2. The van der Waals surface area contributed by atoms with Crippen LogP contribution in [-0.4, -0.2) is 24.4 Å². The van der Waals surface area contributed by atoms with Gasteiger partial charge < -0.3 is 10.6 Å². The Hall–Kier alpha value is -1.84. The normalized spacial score (nSPS) is 32.1. The molecule has 5 rings (SSSR count). The molecule has 0 aliphatic heterocycles. The quantitative estimate of drug-likeness (QED) is 0.802. The van der Waals surface area contributed by atoms with E-state index < -0.39 is 6.04 Å². The number of benzene rings is 1. The van der Waals surface area contributed by atoms with Gasteiger partial charge in [-0.25, -0.2) is 0 Å². The van der Waals surface area contributed by atoms with Crippen LogP contribution in [0, 0.1) is 30.1 Å². The molecule has 4 aliphatic carbocycles. The van der Waals surface area contributed by atoms with E-state index in [2.05, 4.69) is 17.6 Å². The topological polar surface area (TPSA) is 58.2 Å². The highest BCUT2D eigenvalue weighted by Crippen LogP contribution is 2.61. The Labute approximate surface area is 162 Å². The number of amides is 2. The monoisotopic (exact) mass is 368 g/mol. The molecule has 0 aromatic heterocycles. The van der Waals surface area contributed by atoms with Crippen molar-refractivity contribution < 1.29 is 9.59 Å². The van der Waals surface area contributed by atoms with Crippen LogP contribution in [0.1, 0.15) is 67.8 Å². The molecule has 1 aromatic rings. The molecule has 0 radical (unpaired) electrons. The molecule has 27 heavy (non-hydrogen) atoms. The number of nitrogens with one attached hydrogen (secondary N) is 2. The van der Waals surface area contributed by atoms with E-state index in [1.807, 2.05) is 31.2 Å². The lowest BCUT2D eigenvalue weighted by molar-refractivity contribution is -0.134. The number of carbonyl (C=O) groups is 2. The number of hydrogen-bond acceptors (Lipinski definition) is 2.